The van der Waals surface area contributed by atoms with Crippen LogP contribution in [0.2, 0.25) is 0 Å². The first kappa shape index (κ1) is 24.3. The second-order valence-electron chi connectivity index (χ2n) is 8.12. The summed E-state index contributed by atoms with van der Waals surface area (Å²) in [6, 6.07) is 2.77. The van der Waals surface area contributed by atoms with Crippen LogP contribution in [0.15, 0.2) is 18.2 Å². The highest BCUT2D eigenvalue weighted by Gasteiger charge is 2.36. The number of carbonyl (C=O) groups is 1. The summed E-state index contributed by atoms with van der Waals surface area (Å²) in [4.78, 5) is 14.1. The van der Waals surface area contributed by atoms with Crippen LogP contribution in [0.1, 0.15) is 64.9 Å². The first-order chi connectivity index (χ1) is 14.1. The molecule has 1 aliphatic heterocycles. The number of ether oxygens (including phenoxy) is 1. The van der Waals surface area contributed by atoms with Crippen LogP contribution in [-0.2, 0) is 6.18 Å². The molecule has 0 spiro atoms. The average molecular weight is 431 g/mol. The smallest absolute Gasteiger partial charge is 0.416 e. The first-order valence-corrected chi connectivity index (χ1v) is 10.7. The number of likely N-dealkylation sites (tertiary alicyclic amines) is 1. The van der Waals surface area contributed by atoms with Crippen molar-refractivity contribution in [3.8, 4) is 5.75 Å². The Bertz CT molecular complexity index is 697. The molecule has 0 unspecified atom stereocenters. The summed E-state index contributed by atoms with van der Waals surface area (Å²) in [6.07, 6.45) is -0.245. The van der Waals surface area contributed by atoms with E-state index in [0.29, 0.717) is 44.7 Å². The van der Waals surface area contributed by atoms with Gasteiger partial charge >= 0.3 is 12.2 Å². The summed E-state index contributed by atoms with van der Waals surface area (Å²) < 4.78 is 45.0. The van der Waals surface area contributed by atoms with E-state index in [0.717, 1.165) is 25.0 Å². The molecule has 1 aliphatic rings. The Morgan fingerprint density at radius 3 is 2.37 bits per heavy atom. The summed E-state index contributed by atoms with van der Waals surface area (Å²) >= 11 is 0. The minimum atomic E-state index is -4.54. The summed E-state index contributed by atoms with van der Waals surface area (Å²) in [5.41, 5.74) is -1.62. The molecule has 5 nitrogen and oxygen atoms in total. The van der Waals surface area contributed by atoms with Gasteiger partial charge in [0.05, 0.1) is 17.8 Å². The van der Waals surface area contributed by atoms with E-state index in [1.54, 1.807) is 0 Å². The molecule has 0 aromatic heterocycles. The second-order valence-corrected chi connectivity index (χ2v) is 8.12. The number of hydrogen-bond acceptors (Lipinski definition) is 3. The van der Waals surface area contributed by atoms with Crippen molar-refractivity contribution in [3.05, 3.63) is 23.8 Å². The zero-order valence-corrected chi connectivity index (χ0v) is 18.0. The van der Waals surface area contributed by atoms with Gasteiger partial charge in [-0.3, -0.25) is 0 Å². The number of alkyl halides is 3. The van der Waals surface area contributed by atoms with Crippen molar-refractivity contribution in [2.24, 2.45) is 5.92 Å². The van der Waals surface area contributed by atoms with E-state index in [9.17, 15) is 23.1 Å². The lowest BCUT2D eigenvalue weighted by molar-refractivity contribution is -0.137. The SMILES string of the molecule is CCCOc1cc(NC(=O)N2CCC(O)(CC(CC)CC)CC2)cc(C(F)(F)F)c1. The highest BCUT2D eigenvalue weighted by Crippen LogP contribution is 2.35. The first-order valence-electron chi connectivity index (χ1n) is 10.7. The molecule has 0 bridgehead atoms. The fraction of sp³-hybridized carbons (Fsp3) is 0.682. The Labute approximate surface area is 176 Å². The van der Waals surface area contributed by atoms with Gasteiger partial charge in [0.2, 0.25) is 0 Å². The van der Waals surface area contributed by atoms with Crippen LogP contribution in [0, 0.1) is 5.92 Å². The van der Waals surface area contributed by atoms with E-state index < -0.39 is 23.4 Å². The van der Waals surface area contributed by atoms with Crippen LogP contribution >= 0.6 is 0 Å². The molecule has 2 N–H and O–H groups in total. The van der Waals surface area contributed by atoms with E-state index in [4.69, 9.17) is 4.74 Å². The number of amides is 2. The topological polar surface area (TPSA) is 61.8 Å². The van der Waals surface area contributed by atoms with Crippen LogP contribution in [-0.4, -0.2) is 41.3 Å². The third kappa shape index (κ3) is 6.79. The van der Waals surface area contributed by atoms with Gasteiger partial charge in [-0.1, -0.05) is 33.6 Å². The Morgan fingerprint density at radius 2 is 1.83 bits per heavy atom. The Kier molecular flexibility index (Phi) is 8.41. The zero-order chi connectivity index (χ0) is 22.4. The van der Waals surface area contributed by atoms with Crippen molar-refractivity contribution < 1.29 is 27.8 Å². The van der Waals surface area contributed by atoms with Gasteiger partial charge in [0, 0.05) is 24.8 Å². The van der Waals surface area contributed by atoms with Crippen LogP contribution in [0.25, 0.3) is 0 Å². The maximum atomic E-state index is 13.2. The lowest BCUT2D eigenvalue weighted by Crippen LogP contribution is -2.48. The fourth-order valence-electron chi connectivity index (χ4n) is 3.79. The van der Waals surface area contributed by atoms with Crippen molar-refractivity contribution in [1.29, 1.82) is 0 Å². The fourth-order valence-corrected chi connectivity index (χ4v) is 3.79. The third-order valence-corrected chi connectivity index (χ3v) is 5.76. The predicted octanol–water partition coefficient (Wildman–Crippen LogP) is 5.68. The van der Waals surface area contributed by atoms with Gasteiger partial charge in [-0.25, -0.2) is 4.79 Å². The number of nitrogens with one attached hydrogen (secondary N) is 1. The molecule has 0 saturated carbocycles. The number of piperidine rings is 1. The van der Waals surface area contributed by atoms with Crippen molar-refractivity contribution in [1.82, 2.24) is 4.90 Å². The van der Waals surface area contributed by atoms with Gasteiger partial charge in [-0.2, -0.15) is 13.2 Å². The molecule has 0 atom stereocenters. The van der Waals surface area contributed by atoms with E-state index in [1.165, 1.54) is 11.0 Å². The number of urea groups is 1. The van der Waals surface area contributed by atoms with Crippen molar-refractivity contribution in [2.75, 3.05) is 25.0 Å². The molecule has 30 heavy (non-hydrogen) atoms. The summed E-state index contributed by atoms with van der Waals surface area (Å²) in [7, 11) is 0. The van der Waals surface area contributed by atoms with Crippen molar-refractivity contribution >= 4 is 11.7 Å². The number of rotatable bonds is 8. The Balaban J connectivity index is 2.04. The maximum absolute atomic E-state index is 13.2. The molecule has 1 fully saturated rings. The molecule has 0 radical (unpaired) electrons. The molecule has 2 rings (SSSR count). The van der Waals surface area contributed by atoms with Gasteiger partial charge in [-0.05, 0) is 43.7 Å². The average Bonchev–Trinajstić information content (AvgIpc) is 2.70. The highest BCUT2D eigenvalue weighted by atomic mass is 19.4. The molecule has 1 heterocycles. The third-order valence-electron chi connectivity index (χ3n) is 5.76. The van der Waals surface area contributed by atoms with Gasteiger partial charge in [0.1, 0.15) is 5.75 Å². The Morgan fingerprint density at radius 1 is 1.20 bits per heavy atom. The van der Waals surface area contributed by atoms with E-state index >= 15 is 0 Å². The molecule has 170 valence electrons. The van der Waals surface area contributed by atoms with Crippen LogP contribution in [0.5, 0.6) is 5.75 Å². The Hall–Kier alpha value is -1.96. The predicted molar refractivity (Wildman–Crippen MR) is 111 cm³/mol. The second kappa shape index (κ2) is 10.4. The quantitative estimate of drug-likeness (QED) is 0.558. The summed E-state index contributed by atoms with van der Waals surface area (Å²) in [5, 5.41) is 13.4. The van der Waals surface area contributed by atoms with Gasteiger partial charge in [-0.15, -0.1) is 0 Å². The van der Waals surface area contributed by atoms with Crippen LogP contribution < -0.4 is 10.1 Å². The minimum Gasteiger partial charge on any atom is -0.494 e. The molecule has 1 aromatic rings. The lowest BCUT2D eigenvalue weighted by atomic mass is 9.81. The molecule has 1 saturated heterocycles. The number of benzene rings is 1. The number of anilines is 1. The largest absolute Gasteiger partial charge is 0.494 e. The monoisotopic (exact) mass is 430 g/mol. The summed E-state index contributed by atoms with van der Waals surface area (Å²) in [5.74, 6) is 0.516. The molecule has 1 aromatic carbocycles. The van der Waals surface area contributed by atoms with Crippen LogP contribution in [0.4, 0.5) is 23.7 Å². The van der Waals surface area contributed by atoms with Gasteiger partial charge in [0.15, 0.2) is 0 Å². The number of halogens is 3. The van der Waals surface area contributed by atoms with E-state index in [-0.39, 0.29) is 18.0 Å². The molecule has 0 aliphatic carbocycles. The number of hydrogen-bond donors (Lipinski definition) is 2. The minimum absolute atomic E-state index is 0.0405. The lowest BCUT2D eigenvalue weighted by Gasteiger charge is -2.39. The molecule has 2 amide bonds. The molecule has 8 heteroatoms. The van der Waals surface area contributed by atoms with Crippen molar-refractivity contribution in [2.45, 2.75) is 71.1 Å². The normalized spacial score (nSPS) is 16.6. The molecular weight excluding hydrogens is 397 g/mol. The number of aliphatic hydroxyl groups is 1. The standard InChI is InChI=1S/C22H33F3N2O3/c1-4-11-30-19-13-17(22(23,24)25)12-18(14-19)26-20(28)27-9-7-21(29,8-10-27)15-16(5-2)6-3/h12-14,16,29H,4-11,15H2,1-3H3,(H,26,28). The summed E-state index contributed by atoms with van der Waals surface area (Å²) in [6.45, 7) is 7.08. The highest BCUT2D eigenvalue weighted by molar-refractivity contribution is 5.89. The van der Waals surface area contributed by atoms with Crippen LogP contribution in [0.3, 0.4) is 0 Å². The van der Waals surface area contributed by atoms with Crippen molar-refractivity contribution in [3.63, 3.8) is 0 Å². The number of carbonyl (C=O) groups excluding carboxylic acids is 1. The van der Waals surface area contributed by atoms with E-state index in [1.807, 2.05) is 6.92 Å². The number of nitrogens with zero attached hydrogens (tertiary/aromatic N) is 1. The van der Waals surface area contributed by atoms with Gasteiger partial charge in [0.25, 0.3) is 0 Å². The zero-order valence-electron chi connectivity index (χ0n) is 18.0. The molecular formula is C22H33F3N2O3. The van der Waals surface area contributed by atoms with E-state index in [2.05, 4.69) is 19.2 Å². The van der Waals surface area contributed by atoms with Gasteiger partial charge < -0.3 is 20.1 Å². The maximum Gasteiger partial charge on any atom is 0.416 e.